The van der Waals surface area contributed by atoms with Gasteiger partial charge in [0, 0.05) is 12.1 Å². The summed E-state index contributed by atoms with van der Waals surface area (Å²) in [5.41, 5.74) is 0.780. The number of aromatic nitrogens is 1. The topological polar surface area (TPSA) is 68.2 Å². The Hall–Kier alpha value is -1.18. The van der Waals surface area contributed by atoms with Gasteiger partial charge in [-0.2, -0.15) is 0 Å². The molecule has 0 spiro atoms. The van der Waals surface area contributed by atoms with E-state index in [9.17, 15) is 13.2 Å². The highest BCUT2D eigenvalue weighted by molar-refractivity contribution is 7.89. The van der Waals surface area contributed by atoms with Gasteiger partial charge in [-0.05, 0) is 45.4 Å². The summed E-state index contributed by atoms with van der Waals surface area (Å²) >= 11 is 1.08. The van der Waals surface area contributed by atoms with Gasteiger partial charge in [0.25, 0.3) is 0 Å². The number of fused-ring (bicyclic) bond motifs is 1. The molecule has 0 bridgehead atoms. The summed E-state index contributed by atoms with van der Waals surface area (Å²) in [6, 6.07) is 4.76. The highest BCUT2D eigenvalue weighted by Crippen LogP contribution is 2.24. The lowest BCUT2D eigenvalue weighted by molar-refractivity contribution is 0.556. The summed E-state index contributed by atoms with van der Waals surface area (Å²) in [5.74, 6) is 0. The van der Waals surface area contributed by atoms with Crippen LogP contribution in [-0.4, -0.2) is 19.0 Å². The van der Waals surface area contributed by atoms with Crippen molar-refractivity contribution in [1.29, 1.82) is 0 Å². The van der Waals surface area contributed by atoms with Crippen LogP contribution in [0.1, 0.15) is 40.2 Å². The van der Waals surface area contributed by atoms with Gasteiger partial charge in [0.2, 0.25) is 10.0 Å². The zero-order valence-corrected chi connectivity index (χ0v) is 14.2. The minimum absolute atomic E-state index is 0.0481. The molecule has 2 rings (SSSR count). The molecule has 0 unspecified atom stereocenters. The second-order valence-corrected chi connectivity index (χ2v) is 8.10. The van der Waals surface area contributed by atoms with Crippen molar-refractivity contribution in [2.24, 2.45) is 0 Å². The highest BCUT2D eigenvalue weighted by Gasteiger charge is 2.19. The molecular formula is C14H20N2O3S2. The molecule has 2 aromatic rings. The van der Waals surface area contributed by atoms with Crippen LogP contribution in [0.3, 0.4) is 0 Å². The van der Waals surface area contributed by atoms with Crippen molar-refractivity contribution in [2.45, 2.75) is 51.1 Å². The Labute approximate surface area is 128 Å². The molecule has 0 radical (unpaired) electrons. The van der Waals surface area contributed by atoms with Crippen LogP contribution in [0.15, 0.2) is 27.9 Å². The van der Waals surface area contributed by atoms with Gasteiger partial charge in [0.05, 0.1) is 15.1 Å². The molecule has 0 saturated carbocycles. The maximum atomic E-state index is 12.3. The van der Waals surface area contributed by atoms with Gasteiger partial charge in [0.1, 0.15) is 0 Å². The molecule has 21 heavy (non-hydrogen) atoms. The quantitative estimate of drug-likeness (QED) is 0.917. The number of hydrogen-bond acceptors (Lipinski definition) is 4. The third-order valence-corrected chi connectivity index (χ3v) is 5.89. The molecule has 1 N–H and O–H groups in total. The van der Waals surface area contributed by atoms with Crippen molar-refractivity contribution in [3.8, 4) is 0 Å². The van der Waals surface area contributed by atoms with Crippen LogP contribution in [-0.2, 0) is 10.0 Å². The summed E-state index contributed by atoms with van der Waals surface area (Å²) in [6.07, 6.45) is 0.721. The predicted octanol–water partition coefficient (Wildman–Crippen LogP) is 2.72. The Morgan fingerprint density at radius 3 is 2.52 bits per heavy atom. The minimum atomic E-state index is -3.54. The van der Waals surface area contributed by atoms with Crippen molar-refractivity contribution in [3.05, 3.63) is 27.9 Å². The Kier molecular flexibility index (Phi) is 4.55. The van der Waals surface area contributed by atoms with Crippen molar-refractivity contribution in [2.75, 3.05) is 0 Å². The Bertz CT molecular complexity index is 803. The fourth-order valence-electron chi connectivity index (χ4n) is 2.09. The van der Waals surface area contributed by atoms with Crippen molar-refractivity contribution >= 4 is 31.6 Å². The number of nitrogens with zero attached hydrogens (tertiary/aromatic N) is 1. The van der Waals surface area contributed by atoms with Gasteiger partial charge in [-0.25, -0.2) is 13.1 Å². The smallest absolute Gasteiger partial charge is 0.296 e. The highest BCUT2D eigenvalue weighted by atomic mass is 32.2. The van der Waals surface area contributed by atoms with E-state index >= 15 is 0 Å². The first-order valence-electron chi connectivity index (χ1n) is 6.93. The van der Waals surface area contributed by atoms with Crippen LogP contribution < -0.4 is 9.60 Å². The van der Waals surface area contributed by atoms with Gasteiger partial charge >= 0.3 is 4.87 Å². The maximum Gasteiger partial charge on any atom is 0.308 e. The lowest BCUT2D eigenvalue weighted by atomic mass is 10.3. The van der Waals surface area contributed by atoms with Crippen LogP contribution in [0.2, 0.25) is 0 Å². The second kappa shape index (κ2) is 5.90. The van der Waals surface area contributed by atoms with Crippen LogP contribution >= 0.6 is 11.3 Å². The SMILES string of the molecule is CC[C@@H](C)NS(=O)(=O)c1ccc2c(c1)sc(=O)n2C(C)C. The molecular weight excluding hydrogens is 308 g/mol. The standard InChI is InChI=1S/C14H20N2O3S2/c1-5-10(4)15-21(18,19)11-6-7-12-13(8-11)20-14(17)16(12)9(2)3/h6-10,15H,5H2,1-4H3/t10-/m1/s1. The second-order valence-electron chi connectivity index (χ2n) is 5.39. The molecule has 0 aliphatic carbocycles. The zero-order valence-electron chi connectivity index (χ0n) is 12.6. The van der Waals surface area contributed by atoms with Gasteiger partial charge in [-0.15, -0.1) is 0 Å². The molecule has 0 aliphatic rings. The summed E-state index contributed by atoms with van der Waals surface area (Å²) in [6.45, 7) is 7.61. The molecule has 1 aromatic carbocycles. The number of hydrogen-bond donors (Lipinski definition) is 1. The first-order chi connectivity index (χ1) is 9.76. The van der Waals surface area contributed by atoms with E-state index in [1.54, 1.807) is 22.8 Å². The summed E-state index contributed by atoms with van der Waals surface area (Å²) in [4.78, 5) is 12.1. The Morgan fingerprint density at radius 2 is 1.95 bits per heavy atom. The van der Waals surface area contributed by atoms with Crippen molar-refractivity contribution in [1.82, 2.24) is 9.29 Å². The van der Waals surface area contributed by atoms with Gasteiger partial charge in [-0.1, -0.05) is 18.3 Å². The molecule has 116 valence electrons. The van der Waals surface area contributed by atoms with Gasteiger partial charge < -0.3 is 0 Å². The average molecular weight is 328 g/mol. The van der Waals surface area contributed by atoms with Gasteiger partial charge in [-0.3, -0.25) is 9.36 Å². The normalized spacial score (nSPS) is 14.0. The number of benzene rings is 1. The Balaban J connectivity index is 2.52. The number of nitrogens with one attached hydrogen (secondary N) is 1. The third-order valence-electron chi connectivity index (χ3n) is 3.38. The lowest BCUT2D eigenvalue weighted by Gasteiger charge is -2.12. The third kappa shape index (κ3) is 3.20. The van der Waals surface area contributed by atoms with E-state index in [4.69, 9.17) is 0 Å². The Morgan fingerprint density at radius 1 is 1.29 bits per heavy atom. The number of thiazole rings is 1. The zero-order chi connectivity index (χ0) is 15.8. The number of sulfonamides is 1. The molecule has 5 nitrogen and oxygen atoms in total. The minimum Gasteiger partial charge on any atom is -0.296 e. The van der Waals surface area contributed by atoms with Crippen LogP contribution in [0, 0.1) is 0 Å². The summed E-state index contributed by atoms with van der Waals surface area (Å²) < 4.78 is 29.6. The summed E-state index contributed by atoms with van der Waals surface area (Å²) in [7, 11) is -3.54. The maximum absolute atomic E-state index is 12.3. The monoisotopic (exact) mass is 328 g/mol. The average Bonchev–Trinajstić information content (AvgIpc) is 2.72. The van der Waals surface area contributed by atoms with E-state index in [-0.39, 0.29) is 21.9 Å². The van der Waals surface area contributed by atoms with Crippen LogP contribution in [0.4, 0.5) is 0 Å². The van der Waals surface area contributed by atoms with E-state index in [0.717, 1.165) is 23.3 Å². The van der Waals surface area contributed by atoms with Crippen molar-refractivity contribution < 1.29 is 8.42 Å². The largest absolute Gasteiger partial charge is 0.308 e. The fourth-order valence-corrected chi connectivity index (χ4v) is 4.57. The first kappa shape index (κ1) is 16.2. The molecule has 0 amide bonds. The molecule has 0 aliphatic heterocycles. The molecule has 7 heteroatoms. The van der Waals surface area contributed by atoms with E-state index < -0.39 is 10.0 Å². The number of rotatable bonds is 5. The molecule has 0 fully saturated rings. The molecule has 0 saturated heterocycles. The van der Waals surface area contributed by atoms with E-state index in [1.165, 1.54) is 0 Å². The van der Waals surface area contributed by atoms with Crippen LogP contribution in [0.5, 0.6) is 0 Å². The molecule has 1 aromatic heterocycles. The van der Waals surface area contributed by atoms with E-state index in [0.29, 0.717) is 4.70 Å². The molecule has 1 atom stereocenters. The fraction of sp³-hybridized carbons (Fsp3) is 0.500. The van der Waals surface area contributed by atoms with Gasteiger partial charge in [0.15, 0.2) is 0 Å². The lowest BCUT2D eigenvalue weighted by Crippen LogP contribution is -2.31. The molecule has 1 heterocycles. The van der Waals surface area contributed by atoms with Crippen LogP contribution in [0.25, 0.3) is 10.2 Å². The summed E-state index contributed by atoms with van der Waals surface area (Å²) in [5, 5.41) is 0. The van der Waals surface area contributed by atoms with Crippen molar-refractivity contribution in [3.63, 3.8) is 0 Å². The first-order valence-corrected chi connectivity index (χ1v) is 9.23. The predicted molar refractivity (Wildman–Crippen MR) is 86.5 cm³/mol. The van der Waals surface area contributed by atoms with E-state index in [1.807, 2.05) is 27.7 Å². The van der Waals surface area contributed by atoms with E-state index in [2.05, 4.69) is 4.72 Å².